The van der Waals surface area contributed by atoms with E-state index in [9.17, 15) is 4.79 Å². The minimum atomic E-state index is -0.217. The third-order valence-electron chi connectivity index (χ3n) is 3.15. The molecule has 0 aromatic carbocycles. The number of nitrogens with one attached hydrogen (secondary N) is 2. The second-order valence-corrected chi connectivity index (χ2v) is 4.49. The van der Waals surface area contributed by atoms with E-state index in [2.05, 4.69) is 34.0 Å². The number of hydrogen-bond donors (Lipinski definition) is 2. The number of hydrogen-bond acceptors (Lipinski definition) is 4. The van der Waals surface area contributed by atoms with Gasteiger partial charge in [0.1, 0.15) is 5.76 Å². The molecular weight excluding hydrogens is 256 g/mol. The van der Waals surface area contributed by atoms with Gasteiger partial charge in [-0.05, 0) is 25.2 Å². The van der Waals surface area contributed by atoms with Gasteiger partial charge in [-0.1, -0.05) is 13.8 Å². The number of aromatic amines is 1. The number of amides is 1. The normalized spacial score (nSPS) is 10.9. The van der Waals surface area contributed by atoms with Gasteiger partial charge >= 0.3 is 0 Å². The molecule has 0 radical (unpaired) electrons. The van der Waals surface area contributed by atoms with Crippen LogP contribution in [0.3, 0.4) is 0 Å². The van der Waals surface area contributed by atoms with E-state index in [1.54, 1.807) is 18.6 Å². The van der Waals surface area contributed by atoms with Crippen molar-refractivity contribution in [2.24, 2.45) is 0 Å². The molecule has 0 fully saturated rings. The van der Waals surface area contributed by atoms with Crippen molar-refractivity contribution >= 4 is 5.91 Å². The molecule has 0 atom stereocenters. The molecule has 2 N–H and O–H groups in total. The fraction of sp³-hybridized carbons (Fsp3) is 0.429. The fourth-order valence-corrected chi connectivity index (χ4v) is 1.90. The smallest absolute Gasteiger partial charge is 0.287 e. The first-order chi connectivity index (χ1) is 9.72. The van der Waals surface area contributed by atoms with Crippen molar-refractivity contribution in [3.05, 3.63) is 41.9 Å². The van der Waals surface area contributed by atoms with Crippen LogP contribution >= 0.6 is 0 Å². The minimum absolute atomic E-state index is 0.217. The van der Waals surface area contributed by atoms with E-state index in [1.807, 2.05) is 6.07 Å². The van der Waals surface area contributed by atoms with Crippen molar-refractivity contribution in [2.45, 2.75) is 26.9 Å². The zero-order valence-corrected chi connectivity index (χ0v) is 11.8. The number of carbonyl (C=O) groups is 1. The molecular formula is C14H20N4O2. The van der Waals surface area contributed by atoms with Crippen LogP contribution in [0.2, 0.25) is 0 Å². The van der Waals surface area contributed by atoms with Crippen molar-refractivity contribution < 1.29 is 9.21 Å². The zero-order valence-electron chi connectivity index (χ0n) is 11.8. The van der Waals surface area contributed by atoms with E-state index >= 15 is 0 Å². The van der Waals surface area contributed by atoms with E-state index in [1.165, 1.54) is 0 Å². The molecule has 0 spiro atoms. The molecule has 6 heteroatoms. The molecule has 1 amide bonds. The summed E-state index contributed by atoms with van der Waals surface area (Å²) in [6.45, 7) is 7.25. The lowest BCUT2D eigenvalue weighted by Gasteiger charge is -2.15. The molecule has 20 heavy (non-hydrogen) atoms. The van der Waals surface area contributed by atoms with E-state index in [0.29, 0.717) is 12.3 Å². The van der Waals surface area contributed by atoms with Crippen LogP contribution in [-0.2, 0) is 13.1 Å². The molecule has 0 aliphatic heterocycles. The van der Waals surface area contributed by atoms with E-state index < -0.39 is 0 Å². The maximum Gasteiger partial charge on any atom is 0.287 e. The predicted octanol–water partition coefficient (Wildman–Crippen LogP) is 1.77. The summed E-state index contributed by atoms with van der Waals surface area (Å²) in [5.74, 6) is 0.928. The summed E-state index contributed by atoms with van der Waals surface area (Å²) in [6, 6.07) is 3.56. The summed E-state index contributed by atoms with van der Waals surface area (Å²) < 4.78 is 5.57. The maximum absolute atomic E-state index is 11.9. The van der Waals surface area contributed by atoms with Crippen LogP contribution < -0.4 is 5.32 Å². The van der Waals surface area contributed by atoms with Gasteiger partial charge in [-0.3, -0.25) is 9.69 Å². The first-order valence-electron chi connectivity index (χ1n) is 6.79. The molecule has 2 aromatic heterocycles. The Hall–Kier alpha value is -2.08. The van der Waals surface area contributed by atoms with Crippen LogP contribution in [0.15, 0.2) is 29.1 Å². The standard InChI is InChI=1S/C14H20N4O2/c1-3-18(4-2)9-12-5-6-13(20-12)14(19)16-8-11-7-15-10-17-11/h5-7,10H,3-4,8-9H2,1-2H3,(H,15,17)(H,16,19). The summed E-state index contributed by atoms with van der Waals surface area (Å²) in [7, 11) is 0. The van der Waals surface area contributed by atoms with Gasteiger partial charge in [0.25, 0.3) is 5.91 Å². The molecule has 0 aliphatic rings. The van der Waals surface area contributed by atoms with Crippen LogP contribution in [0, 0.1) is 0 Å². The van der Waals surface area contributed by atoms with Gasteiger partial charge < -0.3 is 14.7 Å². The van der Waals surface area contributed by atoms with E-state index in [0.717, 1.165) is 31.1 Å². The monoisotopic (exact) mass is 276 g/mol. The van der Waals surface area contributed by atoms with Crippen LogP contribution in [0.4, 0.5) is 0 Å². The van der Waals surface area contributed by atoms with Gasteiger partial charge in [-0.25, -0.2) is 4.98 Å². The van der Waals surface area contributed by atoms with E-state index in [-0.39, 0.29) is 5.91 Å². The molecule has 2 rings (SSSR count). The highest BCUT2D eigenvalue weighted by Crippen LogP contribution is 2.10. The van der Waals surface area contributed by atoms with Crippen LogP contribution in [0.5, 0.6) is 0 Å². The average Bonchev–Trinajstić information content (AvgIpc) is 3.13. The molecule has 2 aromatic rings. The molecule has 0 aliphatic carbocycles. The number of nitrogens with zero attached hydrogens (tertiary/aromatic N) is 2. The maximum atomic E-state index is 11.9. The van der Waals surface area contributed by atoms with Crippen molar-refractivity contribution in [3.8, 4) is 0 Å². The Kier molecular flexibility index (Phi) is 4.95. The Morgan fingerprint density at radius 3 is 2.85 bits per heavy atom. The van der Waals surface area contributed by atoms with Gasteiger partial charge in [0.2, 0.25) is 0 Å². The quantitative estimate of drug-likeness (QED) is 0.808. The SMILES string of the molecule is CCN(CC)Cc1ccc(C(=O)NCc2cnc[nH]2)o1. The molecule has 108 valence electrons. The van der Waals surface area contributed by atoms with Gasteiger partial charge in [-0.2, -0.15) is 0 Å². The number of furan rings is 1. The second-order valence-electron chi connectivity index (χ2n) is 4.49. The third-order valence-corrected chi connectivity index (χ3v) is 3.15. The zero-order chi connectivity index (χ0) is 14.4. The van der Waals surface area contributed by atoms with Gasteiger partial charge in [-0.15, -0.1) is 0 Å². The van der Waals surface area contributed by atoms with Crippen molar-refractivity contribution in [2.75, 3.05) is 13.1 Å². The van der Waals surface area contributed by atoms with Gasteiger partial charge in [0.15, 0.2) is 5.76 Å². The van der Waals surface area contributed by atoms with Gasteiger partial charge in [0, 0.05) is 6.20 Å². The van der Waals surface area contributed by atoms with E-state index in [4.69, 9.17) is 4.42 Å². The fourth-order valence-electron chi connectivity index (χ4n) is 1.90. The topological polar surface area (TPSA) is 74.2 Å². The predicted molar refractivity (Wildman–Crippen MR) is 75.1 cm³/mol. The molecule has 0 saturated heterocycles. The van der Waals surface area contributed by atoms with Crippen molar-refractivity contribution in [1.29, 1.82) is 0 Å². The largest absolute Gasteiger partial charge is 0.455 e. The van der Waals surface area contributed by atoms with Crippen LogP contribution in [0.25, 0.3) is 0 Å². The molecule has 0 saturated carbocycles. The Morgan fingerprint density at radius 1 is 1.40 bits per heavy atom. The highest BCUT2D eigenvalue weighted by Gasteiger charge is 2.12. The Bertz CT molecular complexity index is 529. The van der Waals surface area contributed by atoms with Crippen molar-refractivity contribution in [3.63, 3.8) is 0 Å². The number of rotatable bonds is 7. The van der Waals surface area contributed by atoms with Crippen LogP contribution in [-0.4, -0.2) is 33.9 Å². The summed E-state index contributed by atoms with van der Waals surface area (Å²) >= 11 is 0. The summed E-state index contributed by atoms with van der Waals surface area (Å²) in [4.78, 5) is 21.0. The number of imidazole rings is 1. The lowest BCUT2D eigenvalue weighted by atomic mass is 10.3. The summed E-state index contributed by atoms with van der Waals surface area (Å²) in [5, 5.41) is 2.78. The lowest BCUT2D eigenvalue weighted by molar-refractivity contribution is 0.0919. The minimum Gasteiger partial charge on any atom is -0.455 e. The molecule has 0 unspecified atom stereocenters. The average molecular weight is 276 g/mol. The first-order valence-corrected chi connectivity index (χ1v) is 6.79. The lowest BCUT2D eigenvalue weighted by Crippen LogP contribution is -2.23. The molecule has 2 heterocycles. The summed E-state index contributed by atoms with van der Waals surface area (Å²) in [6.07, 6.45) is 3.25. The number of carbonyl (C=O) groups excluding carboxylic acids is 1. The van der Waals surface area contributed by atoms with Crippen LogP contribution in [0.1, 0.15) is 35.9 Å². The molecule has 0 bridgehead atoms. The number of aromatic nitrogens is 2. The van der Waals surface area contributed by atoms with Gasteiger partial charge in [0.05, 0.1) is 25.1 Å². The summed E-state index contributed by atoms with van der Waals surface area (Å²) in [5.41, 5.74) is 0.855. The Morgan fingerprint density at radius 2 is 2.20 bits per heavy atom. The second kappa shape index (κ2) is 6.91. The van der Waals surface area contributed by atoms with Crippen molar-refractivity contribution in [1.82, 2.24) is 20.2 Å². The number of H-pyrrole nitrogens is 1. The Labute approximate surface area is 118 Å². The first kappa shape index (κ1) is 14.3. The third kappa shape index (κ3) is 3.71. The highest BCUT2D eigenvalue weighted by molar-refractivity contribution is 5.91. The Balaban J connectivity index is 1.89. The highest BCUT2D eigenvalue weighted by atomic mass is 16.4. The molecule has 6 nitrogen and oxygen atoms in total.